The van der Waals surface area contributed by atoms with Crippen LogP contribution in [0.1, 0.15) is 25.0 Å². The zero-order chi connectivity index (χ0) is 22.2. The number of aryl methyl sites for hydroxylation is 1. The Balaban J connectivity index is 1.79. The average molecular weight is 453 g/mol. The minimum absolute atomic E-state index is 0.750. The molecule has 2 heterocycles. The van der Waals surface area contributed by atoms with Crippen molar-refractivity contribution in [2.24, 2.45) is 7.05 Å². The van der Waals surface area contributed by atoms with E-state index in [9.17, 15) is 8.42 Å². The lowest BCUT2D eigenvalue weighted by Crippen LogP contribution is -2.28. The predicted molar refractivity (Wildman–Crippen MR) is 126 cm³/mol. The first-order chi connectivity index (χ1) is 14.7. The van der Waals surface area contributed by atoms with E-state index in [0.717, 1.165) is 44.1 Å². The summed E-state index contributed by atoms with van der Waals surface area (Å²) in [6.45, 7) is 3.50. The summed E-state index contributed by atoms with van der Waals surface area (Å²) < 4.78 is 25.9. The largest absolute Gasteiger partial charge is 0.312 e. The molecule has 0 radical (unpaired) electrons. The predicted octanol–water partition coefficient (Wildman–Crippen LogP) is 4.60. The van der Waals surface area contributed by atoms with Gasteiger partial charge in [0.2, 0.25) is 0 Å². The molecule has 4 aromatic rings. The van der Waals surface area contributed by atoms with Gasteiger partial charge in [-0.3, -0.25) is 4.98 Å². The third kappa shape index (κ3) is 4.22. The second-order valence-electron chi connectivity index (χ2n) is 8.09. The zero-order valence-electron chi connectivity index (χ0n) is 17.9. The summed E-state index contributed by atoms with van der Waals surface area (Å²) in [5.41, 5.74) is 4.68. The lowest BCUT2D eigenvalue weighted by Gasteiger charge is -2.24. The van der Waals surface area contributed by atoms with Crippen LogP contribution in [0.25, 0.3) is 22.0 Å². The number of sulfone groups is 1. The SMILES string of the molecule is Cn1cnnc1SCc1cccc(-c2cc(C(C)(C)S(C)(=O)=O)cc3cccnc23)c1. The fraction of sp³-hybridized carbons (Fsp3) is 0.261. The van der Waals surface area contributed by atoms with Crippen molar-refractivity contribution >= 4 is 32.5 Å². The summed E-state index contributed by atoms with van der Waals surface area (Å²) in [5.74, 6) is 0.750. The molecular formula is C23H24N4O2S2. The van der Waals surface area contributed by atoms with Gasteiger partial charge in [0, 0.05) is 36.2 Å². The number of hydrogen-bond acceptors (Lipinski definition) is 6. The molecule has 0 bridgehead atoms. The number of benzene rings is 2. The van der Waals surface area contributed by atoms with Gasteiger partial charge in [0.25, 0.3) is 0 Å². The molecule has 0 saturated heterocycles. The van der Waals surface area contributed by atoms with Crippen LogP contribution >= 0.6 is 11.8 Å². The molecule has 6 nitrogen and oxygen atoms in total. The molecule has 0 saturated carbocycles. The molecule has 0 aliphatic heterocycles. The van der Waals surface area contributed by atoms with E-state index in [4.69, 9.17) is 0 Å². The van der Waals surface area contributed by atoms with Crippen LogP contribution in [0.3, 0.4) is 0 Å². The summed E-state index contributed by atoms with van der Waals surface area (Å²) in [7, 11) is -1.39. The van der Waals surface area contributed by atoms with Crippen molar-refractivity contribution in [1.29, 1.82) is 0 Å². The zero-order valence-corrected chi connectivity index (χ0v) is 19.5. The second kappa shape index (κ2) is 8.09. The minimum Gasteiger partial charge on any atom is -0.312 e. The van der Waals surface area contributed by atoms with Crippen molar-refractivity contribution in [3.05, 3.63) is 72.2 Å². The highest BCUT2D eigenvalue weighted by molar-refractivity contribution is 7.98. The van der Waals surface area contributed by atoms with Crippen LogP contribution in [0.15, 0.2) is 66.2 Å². The van der Waals surface area contributed by atoms with Crippen molar-refractivity contribution < 1.29 is 8.42 Å². The highest BCUT2D eigenvalue weighted by Crippen LogP contribution is 2.36. The maximum atomic E-state index is 12.5. The van der Waals surface area contributed by atoms with Gasteiger partial charge in [-0.25, -0.2) is 8.42 Å². The number of thioether (sulfide) groups is 1. The summed E-state index contributed by atoms with van der Waals surface area (Å²) in [6.07, 6.45) is 4.73. The van der Waals surface area contributed by atoms with E-state index in [1.165, 1.54) is 6.26 Å². The van der Waals surface area contributed by atoms with Gasteiger partial charge in [-0.1, -0.05) is 42.1 Å². The molecular weight excluding hydrogens is 428 g/mol. The third-order valence-corrected chi connectivity index (χ3v) is 8.80. The topological polar surface area (TPSA) is 77.7 Å². The molecule has 0 fully saturated rings. The third-order valence-electron chi connectivity index (χ3n) is 5.60. The monoisotopic (exact) mass is 452 g/mol. The Bertz CT molecular complexity index is 1360. The van der Waals surface area contributed by atoms with Crippen molar-refractivity contribution in [1.82, 2.24) is 19.7 Å². The number of aromatic nitrogens is 4. The van der Waals surface area contributed by atoms with Crippen LogP contribution in [0, 0.1) is 0 Å². The molecule has 0 amide bonds. The number of fused-ring (bicyclic) bond motifs is 1. The van der Waals surface area contributed by atoms with E-state index in [-0.39, 0.29) is 0 Å². The maximum absolute atomic E-state index is 12.5. The van der Waals surface area contributed by atoms with Crippen molar-refractivity contribution in [2.75, 3.05) is 6.26 Å². The number of nitrogens with zero attached hydrogens (tertiary/aromatic N) is 4. The lowest BCUT2D eigenvalue weighted by atomic mass is 9.93. The normalized spacial score (nSPS) is 12.4. The van der Waals surface area contributed by atoms with Crippen LogP contribution in [0.5, 0.6) is 0 Å². The quantitative estimate of drug-likeness (QED) is 0.398. The average Bonchev–Trinajstić information content (AvgIpc) is 3.15. The molecule has 0 N–H and O–H groups in total. The summed E-state index contributed by atoms with van der Waals surface area (Å²) >= 11 is 1.62. The molecule has 0 aliphatic carbocycles. The van der Waals surface area contributed by atoms with E-state index in [2.05, 4.69) is 27.3 Å². The number of rotatable bonds is 6. The fourth-order valence-electron chi connectivity index (χ4n) is 3.35. The number of pyridine rings is 1. The van der Waals surface area contributed by atoms with Crippen LogP contribution in [0.2, 0.25) is 0 Å². The smallest absolute Gasteiger partial charge is 0.191 e. The van der Waals surface area contributed by atoms with Crippen molar-refractivity contribution in [2.45, 2.75) is 29.5 Å². The molecule has 0 aliphatic rings. The molecule has 2 aromatic carbocycles. The molecule has 0 spiro atoms. The molecule has 31 heavy (non-hydrogen) atoms. The molecule has 0 atom stereocenters. The second-order valence-corrected chi connectivity index (χ2v) is 11.6. The van der Waals surface area contributed by atoms with Crippen LogP contribution in [-0.4, -0.2) is 34.4 Å². The van der Waals surface area contributed by atoms with Gasteiger partial charge in [-0.15, -0.1) is 10.2 Å². The Morgan fingerprint density at radius 1 is 1.10 bits per heavy atom. The Morgan fingerprint density at radius 3 is 2.61 bits per heavy atom. The summed E-state index contributed by atoms with van der Waals surface area (Å²) in [4.78, 5) is 4.59. The van der Waals surface area contributed by atoms with E-state index >= 15 is 0 Å². The minimum atomic E-state index is -3.31. The first-order valence-corrected chi connectivity index (χ1v) is 12.7. The van der Waals surface area contributed by atoms with Crippen LogP contribution in [-0.2, 0) is 27.4 Å². The fourth-order valence-corrected chi connectivity index (χ4v) is 4.73. The molecule has 4 rings (SSSR count). The first kappa shape index (κ1) is 21.5. The Hall–Kier alpha value is -2.71. The first-order valence-electron chi connectivity index (χ1n) is 9.82. The molecule has 2 aromatic heterocycles. The maximum Gasteiger partial charge on any atom is 0.191 e. The van der Waals surface area contributed by atoms with E-state index in [0.29, 0.717) is 0 Å². The van der Waals surface area contributed by atoms with E-state index < -0.39 is 14.6 Å². The van der Waals surface area contributed by atoms with Gasteiger partial charge in [0.05, 0.1) is 10.3 Å². The van der Waals surface area contributed by atoms with Gasteiger partial charge < -0.3 is 4.57 Å². The van der Waals surface area contributed by atoms with Gasteiger partial charge in [-0.2, -0.15) is 0 Å². The summed E-state index contributed by atoms with van der Waals surface area (Å²) in [5, 5.41) is 9.82. The lowest BCUT2D eigenvalue weighted by molar-refractivity contribution is 0.561. The van der Waals surface area contributed by atoms with Gasteiger partial charge in [0.1, 0.15) is 6.33 Å². The molecule has 8 heteroatoms. The van der Waals surface area contributed by atoms with Crippen molar-refractivity contribution in [3.63, 3.8) is 0 Å². The Kier molecular flexibility index (Phi) is 5.61. The highest BCUT2D eigenvalue weighted by atomic mass is 32.2. The highest BCUT2D eigenvalue weighted by Gasteiger charge is 2.33. The van der Waals surface area contributed by atoms with Gasteiger partial charge in [-0.05, 0) is 48.7 Å². The Morgan fingerprint density at radius 2 is 1.90 bits per heavy atom. The molecule has 0 unspecified atom stereocenters. The number of hydrogen-bond donors (Lipinski definition) is 0. The van der Waals surface area contributed by atoms with Gasteiger partial charge in [0.15, 0.2) is 15.0 Å². The Labute approximate surface area is 186 Å². The summed E-state index contributed by atoms with van der Waals surface area (Å²) in [6, 6.07) is 16.0. The van der Waals surface area contributed by atoms with Gasteiger partial charge >= 0.3 is 0 Å². The molecule has 160 valence electrons. The van der Waals surface area contributed by atoms with Crippen molar-refractivity contribution in [3.8, 4) is 11.1 Å². The van der Waals surface area contributed by atoms with E-state index in [1.54, 1.807) is 38.1 Å². The van der Waals surface area contributed by atoms with E-state index in [1.807, 2.05) is 48.0 Å². The van der Waals surface area contributed by atoms with Crippen LogP contribution in [0.4, 0.5) is 0 Å². The van der Waals surface area contributed by atoms with Crippen LogP contribution < -0.4 is 0 Å². The standard InChI is InChI=1S/C23H24N4O2S2/c1-23(2,31(4,28)29)19-12-18-9-6-10-24-21(18)20(13-19)17-8-5-7-16(11-17)14-30-22-26-25-15-27(22)3/h5-13,15H,14H2,1-4H3.